The maximum atomic E-state index is 11.2. The first-order valence-electron chi connectivity index (χ1n) is 4.54. The molecule has 2 atom stereocenters. The maximum Gasteiger partial charge on any atom is 0.227 e. The summed E-state index contributed by atoms with van der Waals surface area (Å²) in [6, 6.07) is 0. The van der Waals surface area contributed by atoms with E-state index in [9.17, 15) is 14.6 Å². The van der Waals surface area contributed by atoms with Gasteiger partial charge in [0.2, 0.25) is 7.37 Å². The Labute approximate surface area is 74.3 Å². The molecule has 74 valence electrons. The number of aliphatic hydroxyl groups is 1. The van der Waals surface area contributed by atoms with Crippen molar-refractivity contribution in [1.82, 2.24) is 0 Å². The zero-order chi connectivity index (χ0) is 9.61. The molecule has 0 aromatic rings. The van der Waals surface area contributed by atoms with Gasteiger partial charge >= 0.3 is 0 Å². The fourth-order valence-electron chi connectivity index (χ4n) is 0.989. The Morgan fingerprint density at radius 1 is 1.33 bits per heavy atom. The van der Waals surface area contributed by atoms with Crippen molar-refractivity contribution < 1.29 is 14.6 Å². The first-order chi connectivity index (χ1) is 5.54. The van der Waals surface area contributed by atoms with Crippen molar-refractivity contribution in [2.75, 3.05) is 6.16 Å². The second kappa shape index (κ2) is 5.74. The van der Waals surface area contributed by atoms with Crippen LogP contribution in [0.5, 0.6) is 0 Å². The molecule has 0 aliphatic heterocycles. The van der Waals surface area contributed by atoms with Gasteiger partial charge in [0, 0.05) is 6.16 Å². The fraction of sp³-hybridized carbons (Fsp3) is 1.00. The van der Waals surface area contributed by atoms with E-state index in [2.05, 4.69) is 6.92 Å². The lowest BCUT2D eigenvalue weighted by atomic mass is 10.2. The summed E-state index contributed by atoms with van der Waals surface area (Å²) in [4.78, 5) is 9.20. The predicted octanol–water partition coefficient (Wildman–Crippen LogP) is 2.18. The minimum Gasteiger partial charge on any atom is -0.383 e. The second-order valence-corrected chi connectivity index (χ2v) is 5.79. The van der Waals surface area contributed by atoms with Gasteiger partial charge in [0.15, 0.2) is 0 Å². The van der Waals surface area contributed by atoms with E-state index in [4.69, 9.17) is 0 Å². The Morgan fingerprint density at radius 2 is 1.92 bits per heavy atom. The first-order valence-corrected chi connectivity index (χ1v) is 6.45. The van der Waals surface area contributed by atoms with Gasteiger partial charge in [-0.15, -0.1) is 0 Å². The smallest absolute Gasteiger partial charge is 0.227 e. The number of unbranched alkanes of at least 4 members (excludes halogenated alkanes) is 2. The van der Waals surface area contributed by atoms with Gasteiger partial charge in [0.1, 0.15) is 5.85 Å². The molecule has 0 saturated heterocycles. The van der Waals surface area contributed by atoms with E-state index in [-0.39, 0.29) is 6.16 Å². The number of rotatable bonds is 6. The van der Waals surface area contributed by atoms with Gasteiger partial charge in [-0.3, -0.25) is 4.57 Å². The summed E-state index contributed by atoms with van der Waals surface area (Å²) in [5, 5.41) is 9.29. The van der Waals surface area contributed by atoms with Gasteiger partial charge in [0.25, 0.3) is 0 Å². The summed E-state index contributed by atoms with van der Waals surface area (Å²) in [6.45, 7) is 3.69. The average molecular weight is 194 g/mol. The van der Waals surface area contributed by atoms with E-state index in [0.717, 1.165) is 19.3 Å². The zero-order valence-corrected chi connectivity index (χ0v) is 8.76. The van der Waals surface area contributed by atoms with Crippen LogP contribution in [0.15, 0.2) is 0 Å². The van der Waals surface area contributed by atoms with Crippen LogP contribution in [-0.2, 0) is 4.57 Å². The van der Waals surface area contributed by atoms with Crippen molar-refractivity contribution in [3.05, 3.63) is 0 Å². The van der Waals surface area contributed by atoms with Crippen LogP contribution in [-0.4, -0.2) is 22.0 Å². The summed E-state index contributed by atoms with van der Waals surface area (Å²) in [7, 11) is -3.25. The molecule has 0 bridgehead atoms. The minimum atomic E-state index is -3.25. The lowest BCUT2D eigenvalue weighted by Crippen LogP contribution is -2.08. The van der Waals surface area contributed by atoms with E-state index in [0.29, 0.717) is 6.42 Å². The molecule has 0 spiro atoms. The van der Waals surface area contributed by atoms with Gasteiger partial charge in [-0.1, -0.05) is 33.1 Å². The highest BCUT2D eigenvalue weighted by atomic mass is 31.2. The Kier molecular flexibility index (Phi) is 5.81. The Morgan fingerprint density at radius 3 is 2.33 bits per heavy atom. The predicted molar refractivity (Wildman–Crippen MR) is 50.5 cm³/mol. The molecule has 0 amide bonds. The van der Waals surface area contributed by atoms with Gasteiger partial charge in [0.05, 0.1) is 0 Å². The van der Waals surface area contributed by atoms with Gasteiger partial charge in [-0.05, 0) is 6.42 Å². The molecule has 0 aliphatic rings. The lowest BCUT2D eigenvalue weighted by molar-refractivity contribution is 0.216. The summed E-state index contributed by atoms with van der Waals surface area (Å²) >= 11 is 0. The lowest BCUT2D eigenvalue weighted by Gasteiger charge is -2.15. The van der Waals surface area contributed by atoms with Crippen LogP contribution in [0.25, 0.3) is 0 Å². The third-order valence-electron chi connectivity index (χ3n) is 1.98. The second-order valence-electron chi connectivity index (χ2n) is 3.05. The van der Waals surface area contributed by atoms with Crippen LogP contribution in [0.1, 0.15) is 39.5 Å². The molecule has 4 heteroatoms. The molecular weight excluding hydrogens is 175 g/mol. The average Bonchev–Trinajstić information content (AvgIpc) is 2.05. The first kappa shape index (κ1) is 12.2. The van der Waals surface area contributed by atoms with Crippen LogP contribution in [0.4, 0.5) is 0 Å². The summed E-state index contributed by atoms with van der Waals surface area (Å²) in [5.41, 5.74) is 0. The zero-order valence-electron chi connectivity index (χ0n) is 7.86. The van der Waals surface area contributed by atoms with Crippen molar-refractivity contribution in [3.8, 4) is 0 Å². The molecule has 12 heavy (non-hydrogen) atoms. The largest absolute Gasteiger partial charge is 0.383 e. The van der Waals surface area contributed by atoms with Crippen molar-refractivity contribution in [1.29, 1.82) is 0 Å². The molecule has 0 aromatic carbocycles. The summed E-state index contributed by atoms with van der Waals surface area (Å²) in [6.07, 6.45) is 3.54. The third-order valence-corrected chi connectivity index (χ3v) is 4.08. The van der Waals surface area contributed by atoms with Crippen LogP contribution in [0, 0.1) is 0 Å². The fourth-order valence-corrected chi connectivity index (χ4v) is 2.00. The number of hydrogen-bond donors (Lipinski definition) is 2. The molecule has 0 heterocycles. The Hall–Kier alpha value is 0.150. The molecular formula is C8H19O3P. The van der Waals surface area contributed by atoms with E-state index >= 15 is 0 Å². The molecule has 0 saturated carbocycles. The Balaban J connectivity index is 3.71. The third kappa shape index (κ3) is 4.24. The number of hydrogen-bond acceptors (Lipinski definition) is 2. The van der Waals surface area contributed by atoms with Gasteiger partial charge in [-0.25, -0.2) is 0 Å². The van der Waals surface area contributed by atoms with Gasteiger partial charge < -0.3 is 10.00 Å². The van der Waals surface area contributed by atoms with E-state index in [1.807, 2.05) is 0 Å². The topological polar surface area (TPSA) is 57.5 Å². The highest BCUT2D eigenvalue weighted by Gasteiger charge is 2.25. The molecule has 0 rings (SSSR count). The van der Waals surface area contributed by atoms with Crippen LogP contribution in [0.3, 0.4) is 0 Å². The monoisotopic (exact) mass is 194 g/mol. The van der Waals surface area contributed by atoms with Crippen LogP contribution < -0.4 is 0 Å². The SMILES string of the molecule is CCCCC[C@H](O)P(=O)(O)CC. The van der Waals surface area contributed by atoms with E-state index in [1.165, 1.54) is 0 Å². The molecule has 2 N–H and O–H groups in total. The van der Waals surface area contributed by atoms with Gasteiger partial charge in [-0.2, -0.15) is 0 Å². The van der Waals surface area contributed by atoms with E-state index in [1.54, 1.807) is 6.92 Å². The molecule has 3 nitrogen and oxygen atoms in total. The van der Waals surface area contributed by atoms with Crippen LogP contribution in [0.2, 0.25) is 0 Å². The van der Waals surface area contributed by atoms with Crippen LogP contribution >= 0.6 is 7.37 Å². The van der Waals surface area contributed by atoms with Crippen molar-refractivity contribution in [3.63, 3.8) is 0 Å². The normalized spacial score (nSPS) is 18.7. The Bertz CT molecular complexity index is 158. The molecule has 0 radical (unpaired) electrons. The standard InChI is InChI=1S/C8H19O3P/c1-3-5-6-7-8(9)12(10,11)4-2/h8-9H,3-7H2,1-2H3,(H,10,11)/t8-/m1/s1. The molecule has 0 aromatic heterocycles. The van der Waals surface area contributed by atoms with E-state index < -0.39 is 13.2 Å². The van der Waals surface area contributed by atoms with Crippen molar-refractivity contribution >= 4 is 7.37 Å². The quantitative estimate of drug-likeness (QED) is 0.503. The van der Waals surface area contributed by atoms with Crippen molar-refractivity contribution in [2.45, 2.75) is 45.4 Å². The maximum absolute atomic E-state index is 11.2. The minimum absolute atomic E-state index is 0.167. The number of aliphatic hydroxyl groups excluding tert-OH is 1. The molecule has 1 unspecified atom stereocenters. The van der Waals surface area contributed by atoms with Crippen molar-refractivity contribution in [2.24, 2.45) is 0 Å². The highest BCUT2D eigenvalue weighted by Crippen LogP contribution is 2.46. The highest BCUT2D eigenvalue weighted by molar-refractivity contribution is 7.58. The molecule has 0 fully saturated rings. The summed E-state index contributed by atoms with van der Waals surface area (Å²) in [5.74, 6) is -1.01. The molecule has 0 aliphatic carbocycles. The summed E-state index contributed by atoms with van der Waals surface area (Å²) < 4.78 is 11.2.